The number of carbonyl (C=O) groups is 1. The number of furan rings is 1. The molecule has 2 heterocycles. The van der Waals surface area contributed by atoms with E-state index < -0.39 is 0 Å². The van der Waals surface area contributed by atoms with Gasteiger partial charge in [0.1, 0.15) is 5.58 Å². The van der Waals surface area contributed by atoms with E-state index in [-0.39, 0.29) is 5.91 Å². The van der Waals surface area contributed by atoms with Crippen molar-refractivity contribution in [1.29, 1.82) is 0 Å². The van der Waals surface area contributed by atoms with E-state index in [9.17, 15) is 4.79 Å². The van der Waals surface area contributed by atoms with Gasteiger partial charge in [-0.05, 0) is 30.7 Å². The Morgan fingerprint density at radius 2 is 1.73 bits per heavy atom. The van der Waals surface area contributed by atoms with Crippen LogP contribution in [-0.4, -0.2) is 41.9 Å². The minimum atomic E-state index is -0.00940. The first-order chi connectivity index (χ1) is 12.6. The number of aryl methyl sites for hydroxylation is 1. The van der Waals surface area contributed by atoms with E-state index in [4.69, 9.17) is 16.0 Å². The maximum absolute atomic E-state index is 12.9. The molecular formula is C21H21ClN2O2. The van der Waals surface area contributed by atoms with E-state index in [0.717, 1.165) is 41.2 Å². The Hall–Kier alpha value is -2.30. The van der Waals surface area contributed by atoms with Crippen LogP contribution in [0.5, 0.6) is 0 Å². The van der Waals surface area contributed by atoms with Crippen molar-refractivity contribution in [2.45, 2.75) is 13.5 Å². The van der Waals surface area contributed by atoms with Gasteiger partial charge in [-0.2, -0.15) is 0 Å². The topological polar surface area (TPSA) is 36.7 Å². The Bertz CT molecular complexity index is 925. The third-order valence-corrected chi connectivity index (χ3v) is 5.27. The lowest BCUT2D eigenvalue weighted by atomic mass is 10.1. The number of hydrogen-bond donors (Lipinski definition) is 0. The third-order valence-electron chi connectivity index (χ3n) is 5.02. The molecule has 26 heavy (non-hydrogen) atoms. The lowest BCUT2D eigenvalue weighted by molar-refractivity contribution is 0.0599. The number of halogens is 1. The Morgan fingerprint density at radius 3 is 2.42 bits per heavy atom. The Morgan fingerprint density at radius 1 is 1.04 bits per heavy atom. The highest BCUT2D eigenvalue weighted by Gasteiger charge is 2.26. The van der Waals surface area contributed by atoms with Gasteiger partial charge in [0.15, 0.2) is 5.76 Å². The molecule has 0 aliphatic carbocycles. The average Bonchev–Trinajstić information content (AvgIpc) is 3.01. The second kappa shape index (κ2) is 7.14. The van der Waals surface area contributed by atoms with Crippen molar-refractivity contribution in [2.75, 3.05) is 26.2 Å². The van der Waals surface area contributed by atoms with E-state index in [0.29, 0.717) is 18.8 Å². The molecule has 0 unspecified atom stereocenters. The van der Waals surface area contributed by atoms with Crippen molar-refractivity contribution >= 4 is 28.5 Å². The Balaban J connectivity index is 1.41. The zero-order chi connectivity index (χ0) is 18.1. The number of benzene rings is 2. The van der Waals surface area contributed by atoms with Crippen LogP contribution < -0.4 is 0 Å². The van der Waals surface area contributed by atoms with Crippen LogP contribution >= 0.6 is 11.6 Å². The van der Waals surface area contributed by atoms with Crippen molar-refractivity contribution in [2.24, 2.45) is 0 Å². The standard InChI is InChI=1S/C21H21ClN2O2/c1-15-18-4-2-3-5-19(18)26-20(15)21(25)24-12-10-23(11-13-24)14-16-6-8-17(22)9-7-16/h2-9H,10-14H2,1H3. The highest BCUT2D eigenvalue weighted by Crippen LogP contribution is 2.26. The van der Waals surface area contributed by atoms with Gasteiger partial charge in [0, 0.05) is 48.7 Å². The molecule has 0 N–H and O–H groups in total. The lowest BCUT2D eigenvalue weighted by Gasteiger charge is -2.34. The van der Waals surface area contributed by atoms with E-state index in [1.54, 1.807) is 0 Å². The normalized spacial score (nSPS) is 15.5. The molecule has 0 spiro atoms. The Labute approximate surface area is 157 Å². The average molecular weight is 369 g/mol. The van der Waals surface area contributed by atoms with Crippen molar-refractivity contribution in [3.05, 3.63) is 70.4 Å². The molecule has 3 aromatic rings. The van der Waals surface area contributed by atoms with Gasteiger partial charge >= 0.3 is 0 Å². The third kappa shape index (κ3) is 3.35. The van der Waals surface area contributed by atoms with Crippen LogP contribution in [0.1, 0.15) is 21.7 Å². The summed E-state index contributed by atoms with van der Waals surface area (Å²) in [7, 11) is 0. The molecule has 0 atom stereocenters. The fourth-order valence-corrected chi connectivity index (χ4v) is 3.60. The smallest absolute Gasteiger partial charge is 0.289 e. The fourth-order valence-electron chi connectivity index (χ4n) is 3.48. The van der Waals surface area contributed by atoms with Gasteiger partial charge in [-0.3, -0.25) is 9.69 Å². The van der Waals surface area contributed by atoms with Gasteiger partial charge in [-0.15, -0.1) is 0 Å². The molecule has 1 amide bonds. The minimum Gasteiger partial charge on any atom is -0.451 e. The number of carbonyl (C=O) groups excluding carboxylic acids is 1. The van der Waals surface area contributed by atoms with Gasteiger partial charge in [-0.1, -0.05) is 41.9 Å². The Kier molecular flexibility index (Phi) is 4.70. The van der Waals surface area contributed by atoms with Crippen molar-refractivity contribution in [3.8, 4) is 0 Å². The predicted molar refractivity (Wildman–Crippen MR) is 104 cm³/mol. The summed E-state index contributed by atoms with van der Waals surface area (Å²) in [4.78, 5) is 17.1. The van der Waals surface area contributed by atoms with Crippen LogP contribution in [0.25, 0.3) is 11.0 Å². The number of amides is 1. The van der Waals surface area contributed by atoms with Crippen molar-refractivity contribution in [3.63, 3.8) is 0 Å². The molecule has 1 aliphatic rings. The maximum Gasteiger partial charge on any atom is 0.289 e. The summed E-state index contributed by atoms with van der Waals surface area (Å²) in [5.41, 5.74) is 2.94. The van der Waals surface area contributed by atoms with Gasteiger partial charge in [0.05, 0.1) is 0 Å². The van der Waals surface area contributed by atoms with Crippen LogP contribution in [0.2, 0.25) is 5.02 Å². The molecule has 2 aromatic carbocycles. The molecule has 0 bridgehead atoms. The SMILES string of the molecule is Cc1c(C(=O)N2CCN(Cc3ccc(Cl)cc3)CC2)oc2ccccc12. The lowest BCUT2D eigenvalue weighted by Crippen LogP contribution is -2.48. The van der Waals surface area contributed by atoms with E-state index in [1.807, 2.05) is 48.2 Å². The molecular weight excluding hydrogens is 348 g/mol. The quantitative estimate of drug-likeness (QED) is 0.689. The van der Waals surface area contributed by atoms with Gasteiger partial charge in [0.25, 0.3) is 5.91 Å². The van der Waals surface area contributed by atoms with Crippen molar-refractivity contribution in [1.82, 2.24) is 9.80 Å². The molecule has 4 rings (SSSR count). The molecule has 5 heteroatoms. The van der Waals surface area contributed by atoms with Gasteiger partial charge < -0.3 is 9.32 Å². The predicted octanol–water partition coefficient (Wildman–Crippen LogP) is 4.35. The van der Waals surface area contributed by atoms with E-state index in [1.165, 1.54) is 5.56 Å². The number of piperazine rings is 1. The summed E-state index contributed by atoms with van der Waals surface area (Å²) in [6.07, 6.45) is 0. The molecule has 0 saturated carbocycles. The molecule has 134 valence electrons. The summed E-state index contributed by atoms with van der Waals surface area (Å²) in [6.45, 7) is 5.96. The summed E-state index contributed by atoms with van der Waals surface area (Å²) >= 11 is 5.94. The zero-order valence-electron chi connectivity index (χ0n) is 14.7. The first kappa shape index (κ1) is 17.1. The molecule has 1 saturated heterocycles. The monoisotopic (exact) mass is 368 g/mol. The first-order valence-electron chi connectivity index (χ1n) is 8.86. The second-order valence-electron chi connectivity index (χ2n) is 6.75. The van der Waals surface area contributed by atoms with Crippen LogP contribution in [-0.2, 0) is 6.54 Å². The molecule has 0 radical (unpaired) electrons. The number of fused-ring (bicyclic) bond motifs is 1. The number of rotatable bonds is 3. The maximum atomic E-state index is 12.9. The molecule has 4 nitrogen and oxygen atoms in total. The van der Waals surface area contributed by atoms with E-state index in [2.05, 4.69) is 17.0 Å². The zero-order valence-corrected chi connectivity index (χ0v) is 15.5. The van der Waals surface area contributed by atoms with Crippen molar-refractivity contribution < 1.29 is 9.21 Å². The van der Waals surface area contributed by atoms with Crippen LogP contribution in [0.3, 0.4) is 0 Å². The second-order valence-corrected chi connectivity index (χ2v) is 7.18. The van der Waals surface area contributed by atoms with Crippen LogP contribution in [0.4, 0.5) is 0 Å². The summed E-state index contributed by atoms with van der Waals surface area (Å²) < 4.78 is 5.83. The molecule has 1 aliphatic heterocycles. The largest absolute Gasteiger partial charge is 0.451 e. The van der Waals surface area contributed by atoms with Crippen LogP contribution in [0, 0.1) is 6.92 Å². The number of hydrogen-bond acceptors (Lipinski definition) is 3. The summed E-state index contributed by atoms with van der Waals surface area (Å²) in [5, 5.41) is 1.77. The summed E-state index contributed by atoms with van der Waals surface area (Å²) in [5.74, 6) is 0.460. The molecule has 1 aromatic heterocycles. The van der Waals surface area contributed by atoms with Gasteiger partial charge in [-0.25, -0.2) is 0 Å². The van der Waals surface area contributed by atoms with Crippen LogP contribution in [0.15, 0.2) is 52.9 Å². The van der Waals surface area contributed by atoms with E-state index >= 15 is 0 Å². The number of para-hydroxylation sites is 1. The fraction of sp³-hybridized carbons (Fsp3) is 0.286. The van der Waals surface area contributed by atoms with Gasteiger partial charge in [0.2, 0.25) is 0 Å². The minimum absolute atomic E-state index is 0.00940. The number of nitrogens with zero attached hydrogens (tertiary/aromatic N) is 2. The highest BCUT2D eigenvalue weighted by atomic mass is 35.5. The first-order valence-corrected chi connectivity index (χ1v) is 9.24. The summed E-state index contributed by atoms with van der Waals surface area (Å²) in [6, 6.07) is 15.7. The highest BCUT2D eigenvalue weighted by molar-refractivity contribution is 6.30. The molecule has 1 fully saturated rings.